The van der Waals surface area contributed by atoms with Crippen molar-refractivity contribution in [3.05, 3.63) is 0 Å². The summed E-state index contributed by atoms with van der Waals surface area (Å²) in [4.78, 5) is 30.4. The summed E-state index contributed by atoms with van der Waals surface area (Å²) in [6.45, 7) is 7.07. The molecule has 0 aromatic heterocycles. The van der Waals surface area contributed by atoms with E-state index in [9.17, 15) is 9.59 Å². The minimum absolute atomic E-state index is 0.0639. The van der Waals surface area contributed by atoms with Crippen LogP contribution in [0.5, 0.6) is 0 Å². The van der Waals surface area contributed by atoms with Crippen LogP contribution in [0.1, 0.15) is 52.9 Å². The smallest absolute Gasteiger partial charge is 0.325 e. The van der Waals surface area contributed by atoms with Gasteiger partial charge in [-0.05, 0) is 40.0 Å². The number of hydrogen-bond donors (Lipinski definition) is 2. The number of aliphatic imine (C=N–C) groups is 1. The molecule has 142 valence electrons. The van der Waals surface area contributed by atoms with Gasteiger partial charge in [-0.2, -0.15) is 0 Å². The van der Waals surface area contributed by atoms with Crippen LogP contribution < -0.4 is 10.6 Å². The van der Waals surface area contributed by atoms with Gasteiger partial charge in [0.15, 0.2) is 5.96 Å². The first-order chi connectivity index (χ1) is 11.8. The average Bonchev–Trinajstić information content (AvgIpc) is 3.20. The van der Waals surface area contributed by atoms with Crippen LogP contribution in [0.4, 0.5) is 0 Å². The summed E-state index contributed by atoms with van der Waals surface area (Å²) in [5.41, 5.74) is -0.498. The highest BCUT2D eigenvalue weighted by Crippen LogP contribution is 2.27. The predicted octanol–water partition coefficient (Wildman–Crippen LogP) is 1.28. The lowest BCUT2D eigenvalue weighted by atomic mass is 10.1. The molecule has 1 saturated carbocycles. The molecule has 2 rings (SSSR count). The van der Waals surface area contributed by atoms with Crippen LogP contribution in [0.2, 0.25) is 0 Å². The summed E-state index contributed by atoms with van der Waals surface area (Å²) >= 11 is 0. The second-order valence-corrected chi connectivity index (χ2v) is 7.91. The Bertz CT molecular complexity index is 507. The quantitative estimate of drug-likeness (QED) is 0.452. The van der Waals surface area contributed by atoms with E-state index >= 15 is 0 Å². The van der Waals surface area contributed by atoms with Gasteiger partial charge in [-0.25, -0.2) is 0 Å². The SMILES string of the molecule is CN=C(NCC(=O)OC(C)(C)C)NC1CCN(C(=O)C2CCCC2)C1. The number of likely N-dealkylation sites (tertiary alicyclic amines) is 1. The molecule has 2 fully saturated rings. The largest absolute Gasteiger partial charge is 0.459 e. The van der Waals surface area contributed by atoms with Crippen molar-refractivity contribution in [2.24, 2.45) is 10.9 Å². The van der Waals surface area contributed by atoms with Crippen molar-refractivity contribution >= 4 is 17.8 Å². The van der Waals surface area contributed by atoms with E-state index in [0.29, 0.717) is 18.4 Å². The molecule has 25 heavy (non-hydrogen) atoms. The monoisotopic (exact) mass is 352 g/mol. The maximum absolute atomic E-state index is 12.5. The number of esters is 1. The van der Waals surface area contributed by atoms with Gasteiger partial charge < -0.3 is 20.3 Å². The van der Waals surface area contributed by atoms with Crippen LogP contribution in [0.3, 0.4) is 0 Å². The van der Waals surface area contributed by atoms with Gasteiger partial charge in [-0.3, -0.25) is 14.6 Å². The lowest BCUT2D eigenvalue weighted by molar-refractivity contribution is -0.153. The van der Waals surface area contributed by atoms with Crippen LogP contribution in [0.25, 0.3) is 0 Å². The summed E-state index contributed by atoms with van der Waals surface area (Å²) in [5.74, 6) is 0.771. The van der Waals surface area contributed by atoms with Crippen molar-refractivity contribution in [2.75, 3.05) is 26.7 Å². The van der Waals surface area contributed by atoms with Gasteiger partial charge in [0.1, 0.15) is 12.1 Å². The average molecular weight is 352 g/mol. The van der Waals surface area contributed by atoms with Crippen molar-refractivity contribution in [3.63, 3.8) is 0 Å². The molecule has 2 N–H and O–H groups in total. The first kappa shape index (κ1) is 19.5. The van der Waals surface area contributed by atoms with Gasteiger partial charge in [0.2, 0.25) is 5.91 Å². The van der Waals surface area contributed by atoms with Gasteiger partial charge in [-0.15, -0.1) is 0 Å². The van der Waals surface area contributed by atoms with Crippen molar-refractivity contribution in [1.82, 2.24) is 15.5 Å². The Labute approximate surface area is 150 Å². The number of nitrogens with one attached hydrogen (secondary N) is 2. The summed E-state index contributed by atoms with van der Waals surface area (Å²) in [5, 5.41) is 6.28. The summed E-state index contributed by atoms with van der Waals surface area (Å²) < 4.78 is 5.27. The van der Waals surface area contributed by atoms with Gasteiger partial charge >= 0.3 is 5.97 Å². The molecular formula is C18H32N4O3. The Hall–Kier alpha value is -1.79. The molecule has 0 aromatic carbocycles. The fourth-order valence-corrected chi connectivity index (χ4v) is 3.43. The highest BCUT2D eigenvalue weighted by molar-refractivity contribution is 5.85. The van der Waals surface area contributed by atoms with E-state index < -0.39 is 5.60 Å². The normalized spacial score (nSPS) is 22.2. The molecule has 1 amide bonds. The van der Waals surface area contributed by atoms with Crippen molar-refractivity contribution in [2.45, 2.75) is 64.5 Å². The van der Waals surface area contributed by atoms with E-state index in [0.717, 1.165) is 25.8 Å². The second kappa shape index (κ2) is 8.54. The zero-order chi connectivity index (χ0) is 18.4. The molecule has 0 aromatic rings. The highest BCUT2D eigenvalue weighted by Gasteiger charge is 2.32. The Kier molecular flexibility index (Phi) is 6.67. The van der Waals surface area contributed by atoms with E-state index in [-0.39, 0.29) is 24.5 Å². The van der Waals surface area contributed by atoms with Gasteiger partial charge in [0.25, 0.3) is 0 Å². The van der Waals surface area contributed by atoms with E-state index in [1.165, 1.54) is 12.8 Å². The molecule has 7 heteroatoms. The first-order valence-corrected chi connectivity index (χ1v) is 9.26. The van der Waals surface area contributed by atoms with Crippen LogP contribution in [-0.4, -0.2) is 61.1 Å². The molecule has 0 spiro atoms. The molecule has 1 atom stereocenters. The van der Waals surface area contributed by atoms with Crippen molar-refractivity contribution < 1.29 is 14.3 Å². The molecule has 1 heterocycles. The fourth-order valence-electron chi connectivity index (χ4n) is 3.43. The van der Waals surface area contributed by atoms with E-state index in [4.69, 9.17) is 4.74 Å². The maximum atomic E-state index is 12.5. The van der Waals surface area contributed by atoms with Crippen LogP contribution in [-0.2, 0) is 14.3 Å². The zero-order valence-corrected chi connectivity index (χ0v) is 15.9. The highest BCUT2D eigenvalue weighted by atomic mass is 16.6. The minimum Gasteiger partial charge on any atom is -0.459 e. The number of hydrogen-bond acceptors (Lipinski definition) is 4. The Morgan fingerprint density at radius 1 is 1.20 bits per heavy atom. The minimum atomic E-state index is -0.498. The zero-order valence-electron chi connectivity index (χ0n) is 15.9. The Balaban J connectivity index is 1.75. The van der Waals surface area contributed by atoms with Gasteiger partial charge in [-0.1, -0.05) is 12.8 Å². The van der Waals surface area contributed by atoms with Gasteiger partial charge in [0.05, 0.1) is 0 Å². The van der Waals surface area contributed by atoms with Crippen LogP contribution in [0, 0.1) is 5.92 Å². The van der Waals surface area contributed by atoms with E-state index in [1.54, 1.807) is 7.05 Å². The number of guanidine groups is 1. The number of nitrogens with zero attached hydrogens (tertiary/aromatic N) is 2. The lowest BCUT2D eigenvalue weighted by Gasteiger charge is -2.22. The summed E-state index contributed by atoms with van der Waals surface area (Å²) in [6, 6.07) is 0.162. The molecule has 1 saturated heterocycles. The Morgan fingerprint density at radius 3 is 2.48 bits per heavy atom. The van der Waals surface area contributed by atoms with Crippen molar-refractivity contribution in [3.8, 4) is 0 Å². The molecule has 0 bridgehead atoms. The van der Waals surface area contributed by atoms with E-state index in [2.05, 4.69) is 15.6 Å². The second-order valence-electron chi connectivity index (χ2n) is 7.91. The first-order valence-electron chi connectivity index (χ1n) is 9.26. The van der Waals surface area contributed by atoms with Crippen molar-refractivity contribution in [1.29, 1.82) is 0 Å². The number of carbonyl (C=O) groups excluding carboxylic acids is 2. The standard InChI is InChI=1S/C18H32N4O3/c1-18(2,3)25-15(23)11-20-17(19-4)21-14-9-10-22(12-14)16(24)13-7-5-6-8-13/h13-14H,5-12H2,1-4H3,(H2,19,20,21). The molecular weight excluding hydrogens is 320 g/mol. The topological polar surface area (TPSA) is 83.0 Å². The van der Waals surface area contributed by atoms with Gasteiger partial charge in [0, 0.05) is 32.1 Å². The van der Waals surface area contributed by atoms with E-state index in [1.807, 2.05) is 25.7 Å². The lowest BCUT2D eigenvalue weighted by Crippen LogP contribution is -2.47. The summed E-state index contributed by atoms with van der Waals surface area (Å²) in [7, 11) is 1.67. The molecule has 1 aliphatic carbocycles. The Morgan fingerprint density at radius 2 is 1.88 bits per heavy atom. The predicted molar refractivity (Wildman–Crippen MR) is 97.3 cm³/mol. The number of amides is 1. The van der Waals surface area contributed by atoms with Crippen LogP contribution >= 0.6 is 0 Å². The number of rotatable bonds is 4. The number of carbonyl (C=O) groups is 2. The third kappa shape index (κ3) is 6.21. The molecule has 2 aliphatic rings. The molecule has 1 unspecified atom stereocenters. The number of ether oxygens (including phenoxy) is 1. The fraction of sp³-hybridized carbons (Fsp3) is 0.833. The molecule has 0 radical (unpaired) electrons. The summed E-state index contributed by atoms with van der Waals surface area (Å²) in [6.07, 6.45) is 5.31. The van der Waals surface area contributed by atoms with Crippen LogP contribution in [0.15, 0.2) is 4.99 Å². The molecule has 7 nitrogen and oxygen atoms in total. The third-order valence-electron chi connectivity index (χ3n) is 4.59. The third-order valence-corrected chi connectivity index (χ3v) is 4.59. The molecule has 1 aliphatic heterocycles. The maximum Gasteiger partial charge on any atom is 0.325 e.